The smallest absolute Gasteiger partial charge is 0.203 e. The molecule has 1 heterocycles. The lowest BCUT2D eigenvalue weighted by Crippen LogP contribution is -2.15. The first-order valence-corrected chi connectivity index (χ1v) is 5.75. The molecule has 1 aliphatic rings. The van der Waals surface area contributed by atoms with Crippen LogP contribution in [-0.2, 0) is 6.54 Å². The topological polar surface area (TPSA) is 39.1 Å². The summed E-state index contributed by atoms with van der Waals surface area (Å²) < 4.78 is 1.83. The van der Waals surface area contributed by atoms with Crippen LogP contribution in [-0.4, -0.2) is 16.1 Å². The first kappa shape index (κ1) is 10.7. The summed E-state index contributed by atoms with van der Waals surface area (Å²) in [6.45, 7) is 0.600. The summed E-state index contributed by atoms with van der Waals surface area (Å²) in [5, 5.41) is 0. The van der Waals surface area contributed by atoms with Crippen LogP contribution in [0, 0.1) is 0 Å². The number of carbonyl (C=O) groups is 2. The lowest BCUT2D eigenvalue weighted by Gasteiger charge is -2.10. The van der Waals surface area contributed by atoms with Gasteiger partial charge in [-0.3, -0.25) is 9.59 Å². The Morgan fingerprint density at radius 2 is 1.61 bits per heavy atom. The maximum Gasteiger partial charge on any atom is 0.203 e. The molecule has 3 heteroatoms. The van der Waals surface area contributed by atoms with Crippen LogP contribution in [0.4, 0.5) is 0 Å². The predicted octanol–water partition coefficient (Wildman–Crippen LogP) is 2.47. The van der Waals surface area contributed by atoms with Crippen LogP contribution in [0.25, 0.3) is 0 Å². The van der Waals surface area contributed by atoms with Gasteiger partial charge in [0.15, 0.2) is 5.78 Å². The summed E-state index contributed by atoms with van der Waals surface area (Å²) >= 11 is 0. The molecule has 0 unspecified atom stereocenters. The van der Waals surface area contributed by atoms with Crippen molar-refractivity contribution in [3.05, 3.63) is 71.6 Å². The molecule has 0 saturated carbocycles. The summed E-state index contributed by atoms with van der Waals surface area (Å²) in [5.74, 6) is -0.207. The third-order valence-corrected chi connectivity index (χ3v) is 3.04. The van der Waals surface area contributed by atoms with Crippen molar-refractivity contribution in [2.45, 2.75) is 6.54 Å². The largest absolute Gasteiger partial charge is 0.340 e. The zero-order chi connectivity index (χ0) is 12.5. The number of benzene rings is 1. The number of hydrogen-bond acceptors (Lipinski definition) is 2. The van der Waals surface area contributed by atoms with Crippen LogP contribution in [0.5, 0.6) is 0 Å². The Morgan fingerprint density at radius 3 is 2.39 bits per heavy atom. The number of fused-ring (bicyclic) bond motifs is 1. The normalized spacial score (nSPS) is 13.8. The molecule has 0 fully saturated rings. The summed E-state index contributed by atoms with van der Waals surface area (Å²) in [5.41, 5.74) is 2.09. The maximum atomic E-state index is 11.8. The highest BCUT2D eigenvalue weighted by atomic mass is 16.1. The van der Waals surface area contributed by atoms with E-state index < -0.39 is 0 Å². The molecule has 0 aliphatic heterocycles. The van der Waals surface area contributed by atoms with Gasteiger partial charge in [0.05, 0.1) is 5.56 Å². The Hall–Kier alpha value is -2.42. The molecule has 0 saturated heterocycles. The highest BCUT2D eigenvalue weighted by Crippen LogP contribution is 2.19. The number of aromatic nitrogens is 1. The number of nitrogens with zero attached hydrogens (tertiary/aromatic N) is 1. The third kappa shape index (κ3) is 1.70. The Bertz CT molecular complexity index is 650. The Labute approximate surface area is 104 Å². The zero-order valence-corrected chi connectivity index (χ0v) is 9.67. The van der Waals surface area contributed by atoms with Crippen molar-refractivity contribution in [1.29, 1.82) is 0 Å². The molecule has 88 valence electrons. The van der Waals surface area contributed by atoms with Gasteiger partial charge in [-0.25, -0.2) is 0 Å². The molecule has 18 heavy (non-hydrogen) atoms. The van der Waals surface area contributed by atoms with Gasteiger partial charge >= 0.3 is 0 Å². The van der Waals surface area contributed by atoms with Crippen molar-refractivity contribution >= 4 is 11.6 Å². The van der Waals surface area contributed by atoms with Crippen LogP contribution < -0.4 is 0 Å². The van der Waals surface area contributed by atoms with E-state index in [9.17, 15) is 9.59 Å². The van der Waals surface area contributed by atoms with Gasteiger partial charge in [0.2, 0.25) is 5.78 Å². The molecule has 0 spiro atoms. The summed E-state index contributed by atoms with van der Waals surface area (Å²) in [6, 6.07) is 11.6. The highest BCUT2D eigenvalue weighted by molar-refractivity contribution is 6.21. The van der Waals surface area contributed by atoms with E-state index >= 15 is 0 Å². The van der Waals surface area contributed by atoms with Gasteiger partial charge in [0, 0.05) is 12.7 Å². The van der Waals surface area contributed by atoms with Gasteiger partial charge < -0.3 is 4.57 Å². The van der Waals surface area contributed by atoms with Crippen LogP contribution in [0.2, 0.25) is 0 Å². The van der Waals surface area contributed by atoms with Gasteiger partial charge in [-0.2, -0.15) is 0 Å². The van der Waals surface area contributed by atoms with Crippen molar-refractivity contribution in [2.24, 2.45) is 0 Å². The minimum absolute atomic E-state index is 0.101. The highest BCUT2D eigenvalue weighted by Gasteiger charge is 2.22. The molecular weight excluding hydrogens is 226 g/mol. The van der Waals surface area contributed by atoms with Crippen LogP contribution in [0.1, 0.15) is 26.4 Å². The Morgan fingerprint density at radius 1 is 0.889 bits per heavy atom. The predicted molar refractivity (Wildman–Crippen MR) is 67.8 cm³/mol. The second kappa shape index (κ2) is 4.11. The van der Waals surface area contributed by atoms with E-state index in [1.54, 1.807) is 12.3 Å². The van der Waals surface area contributed by atoms with E-state index in [-0.39, 0.29) is 11.6 Å². The van der Waals surface area contributed by atoms with Crippen LogP contribution >= 0.6 is 0 Å². The molecule has 3 nitrogen and oxygen atoms in total. The Kier molecular flexibility index (Phi) is 2.45. The number of allylic oxidation sites excluding steroid dienone is 2. The fraction of sp³-hybridized carbons (Fsp3) is 0.0667. The Balaban J connectivity index is 2.01. The van der Waals surface area contributed by atoms with Gasteiger partial charge in [0.1, 0.15) is 5.69 Å². The first-order chi connectivity index (χ1) is 8.75. The molecule has 0 N–H and O–H groups in total. The first-order valence-electron chi connectivity index (χ1n) is 5.75. The molecule has 2 aromatic rings. The molecule has 0 atom stereocenters. The summed E-state index contributed by atoms with van der Waals surface area (Å²) in [4.78, 5) is 23.5. The summed E-state index contributed by atoms with van der Waals surface area (Å²) in [6.07, 6.45) is 4.46. The monoisotopic (exact) mass is 237 g/mol. The van der Waals surface area contributed by atoms with E-state index in [0.717, 1.165) is 5.56 Å². The van der Waals surface area contributed by atoms with E-state index in [4.69, 9.17) is 0 Å². The summed E-state index contributed by atoms with van der Waals surface area (Å²) in [7, 11) is 0. The van der Waals surface area contributed by atoms with Gasteiger partial charge in [0.25, 0.3) is 0 Å². The van der Waals surface area contributed by atoms with E-state index in [1.165, 1.54) is 12.2 Å². The number of carbonyl (C=O) groups excluding carboxylic acids is 2. The molecule has 0 radical (unpaired) electrons. The third-order valence-electron chi connectivity index (χ3n) is 3.04. The SMILES string of the molecule is O=C1C=CC(=O)c2c1ccn2Cc1ccccc1. The molecular formula is C15H11NO2. The maximum absolute atomic E-state index is 11.8. The number of ketones is 2. The van der Waals surface area contributed by atoms with Crippen LogP contribution in [0.3, 0.4) is 0 Å². The lowest BCUT2D eigenvalue weighted by molar-refractivity contribution is 0.0989. The van der Waals surface area contributed by atoms with E-state index in [0.29, 0.717) is 17.8 Å². The fourth-order valence-corrected chi connectivity index (χ4v) is 2.18. The molecule has 1 aromatic carbocycles. The van der Waals surface area contributed by atoms with Crippen molar-refractivity contribution in [3.8, 4) is 0 Å². The molecule has 3 rings (SSSR count). The van der Waals surface area contributed by atoms with Gasteiger partial charge in [-0.1, -0.05) is 30.3 Å². The van der Waals surface area contributed by atoms with E-state index in [2.05, 4.69) is 0 Å². The molecule has 1 aliphatic carbocycles. The molecule has 1 aromatic heterocycles. The molecule has 0 amide bonds. The number of hydrogen-bond donors (Lipinski definition) is 0. The average Bonchev–Trinajstić information content (AvgIpc) is 2.80. The number of rotatable bonds is 2. The molecule has 0 bridgehead atoms. The standard InChI is InChI=1S/C15H11NO2/c17-13-6-7-14(18)15-12(13)8-9-16(15)10-11-4-2-1-3-5-11/h1-9H,10H2. The minimum Gasteiger partial charge on any atom is -0.340 e. The van der Waals surface area contributed by atoms with Crippen molar-refractivity contribution in [1.82, 2.24) is 4.57 Å². The van der Waals surface area contributed by atoms with Gasteiger partial charge in [-0.05, 0) is 23.8 Å². The average molecular weight is 237 g/mol. The second-order valence-electron chi connectivity index (χ2n) is 4.25. The van der Waals surface area contributed by atoms with Crippen molar-refractivity contribution in [2.75, 3.05) is 0 Å². The fourth-order valence-electron chi connectivity index (χ4n) is 2.18. The quantitative estimate of drug-likeness (QED) is 0.804. The van der Waals surface area contributed by atoms with Gasteiger partial charge in [-0.15, -0.1) is 0 Å². The lowest BCUT2D eigenvalue weighted by atomic mass is 10.0. The van der Waals surface area contributed by atoms with Crippen LogP contribution in [0.15, 0.2) is 54.7 Å². The second-order valence-corrected chi connectivity index (χ2v) is 4.25. The van der Waals surface area contributed by atoms with Crippen molar-refractivity contribution in [3.63, 3.8) is 0 Å². The van der Waals surface area contributed by atoms with Crippen molar-refractivity contribution < 1.29 is 9.59 Å². The zero-order valence-electron chi connectivity index (χ0n) is 9.67. The minimum atomic E-state index is -0.106. The van der Waals surface area contributed by atoms with E-state index in [1.807, 2.05) is 34.9 Å².